The predicted octanol–water partition coefficient (Wildman–Crippen LogP) is -0.0844. The number of aliphatic carboxylic acids is 1. The largest absolute Gasteiger partial charge is 0.480 e. The van der Waals surface area contributed by atoms with Gasteiger partial charge in [-0.2, -0.15) is 0 Å². The summed E-state index contributed by atoms with van der Waals surface area (Å²) in [4.78, 5) is 35.3. The van der Waals surface area contributed by atoms with Crippen LogP contribution in [0.3, 0.4) is 0 Å². The lowest BCUT2D eigenvalue weighted by atomic mass is 10.1. The Labute approximate surface area is 123 Å². The number of primary amides is 1. The summed E-state index contributed by atoms with van der Waals surface area (Å²) in [6, 6.07) is -1.53. The molecule has 8 heteroatoms. The normalized spacial score (nSPS) is 17.3. The van der Waals surface area contributed by atoms with Crippen molar-refractivity contribution in [3.05, 3.63) is 0 Å². The van der Waals surface area contributed by atoms with Crippen molar-refractivity contribution in [2.75, 3.05) is 19.7 Å². The van der Waals surface area contributed by atoms with Crippen molar-refractivity contribution >= 4 is 17.9 Å². The lowest BCUT2D eigenvalue weighted by Crippen LogP contribution is -2.51. The molecule has 0 aromatic carbocycles. The molecule has 1 atom stereocenters. The molecule has 0 spiro atoms. The highest BCUT2D eigenvalue weighted by molar-refractivity contribution is 5.83. The maximum Gasteiger partial charge on any atom is 0.326 e. The average molecular weight is 301 g/mol. The third kappa shape index (κ3) is 5.99. The van der Waals surface area contributed by atoms with Crippen LogP contribution in [-0.4, -0.2) is 59.8 Å². The fourth-order valence-corrected chi connectivity index (χ4v) is 2.25. The van der Waals surface area contributed by atoms with Gasteiger partial charge in [0.15, 0.2) is 0 Å². The van der Waals surface area contributed by atoms with Gasteiger partial charge in [-0.15, -0.1) is 0 Å². The summed E-state index contributed by atoms with van der Waals surface area (Å²) in [6.07, 6.45) is 1.54. The average Bonchev–Trinajstić information content (AvgIpc) is 2.43. The molecule has 0 unspecified atom stereocenters. The van der Waals surface area contributed by atoms with Crippen molar-refractivity contribution in [3.8, 4) is 0 Å². The summed E-state index contributed by atoms with van der Waals surface area (Å²) in [5, 5.41) is 11.5. The van der Waals surface area contributed by atoms with Crippen molar-refractivity contribution in [2.45, 2.75) is 44.8 Å². The van der Waals surface area contributed by atoms with E-state index >= 15 is 0 Å². The topological polar surface area (TPSA) is 122 Å². The molecule has 0 aromatic rings. The van der Waals surface area contributed by atoms with Crippen LogP contribution >= 0.6 is 0 Å². The lowest BCUT2D eigenvalue weighted by Gasteiger charge is -2.32. The minimum atomic E-state index is -1.17. The van der Waals surface area contributed by atoms with Crippen LogP contribution in [0.5, 0.6) is 0 Å². The second-order valence-electron chi connectivity index (χ2n) is 4.99. The van der Waals surface area contributed by atoms with Gasteiger partial charge in [0, 0.05) is 26.1 Å². The number of carboxylic acids is 1. The third-order valence-corrected chi connectivity index (χ3v) is 3.41. The highest BCUT2D eigenvalue weighted by Crippen LogP contribution is 2.14. The highest BCUT2D eigenvalue weighted by atomic mass is 16.5. The molecule has 1 aliphatic heterocycles. The SMILES string of the molecule is CCOC1CCN(C(=O)N[C@H](CCC(N)=O)C(=O)O)CC1. The van der Waals surface area contributed by atoms with E-state index in [1.807, 2.05) is 6.92 Å². The Balaban J connectivity index is 2.43. The van der Waals surface area contributed by atoms with Gasteiger partial charge in [0.25, 0.3) is 0 Å². The number of rotatable bonds is 7. The van der Waals surface area contributed by atoms with Gasteiger partial charge < -0.3 is 25.8 Å². The molecule has 0 bridgehead atoms. The zero-order valence-electron chi connectivity index (χ0n) is 12.2. The summed E-state index contributed by atoms with van der Waals surface area (Å²) in [5.41, 5.74) is 4.99. The number of ether oxygens (including phenoxy) is 1. The van der Waals surface area contributed by atoms with Crippen LogP contribution in [0.2, 0.25) is 0 Å². The fraction of sp³-hybridized carbons (Fsp3) is 0.769. The standard InChI is InChI=1S/C13H23N3O5/c1-2-21-9-5-7-16(8-6-9)13(20)15-10(12(18)19)3-4-11(14)17/h9-10H,2-8H2,1H3,(H2,14,17)(H,15,20)(H,18,19)/t10-/m1/s1. The van der Waals surface area contributed by atoms with E-state index in [1.54, 1.807) is 4.90 Å². The van der Waals surface area contributed by atoms with Crippen molar-refractivity contribution in [3.63, 3.8) is 0 Å². The molecule has 3 amide bonds. The van der Waals surface area contributed by atoms with E-state index in [2.05, 4.69) is 5.32 Å². The number of nitrogens with zero attached hydrogens (tertiary/aromatic N) is 1. The molecule has 21 heavy (non-hydrogen) atoms. The molecule has 120 valence electrons. The fourth-order valence-electron chi connectivity index (χ4n) is 2.25. The van der Waals surface area contributed by atoms with E-state index in [0.29, 0.717) is 19.7 Å². The Bertz CT molecular complexity index is 380. The molecule has 0 aliphatic carbocycles. The number of nitrogens with one attached hydrogen (secondary N) is 1. The number of nitrogens with two attached hydrogens (primary N) is 1. The smallest absolute Gasteiger partial charge is 0.326 e. The predicted molar refractivity (Wildman–Crippen MR) is 74.6 cm³/mol. The number of carboxylic acid groups (broad SMARTS) is 1. The maximum absolute atomic E-state index is 12.0. The quantitative estimate of drug-likeness (QED) is 0.607. The lowest BCUT2D eigenvalue weighted by molar-refractivity contribution is -0.139. The highest BCUT2D eigenvalue weighted by Gasteiger charge is 2.26. The first-order valence-electron chi connectivity index (χ1n) is 7.12. The molecule has 1 aliphatic rings. The van der Waals surface area contributed by atoms with Crippen LogP contribution in [0.4, 0.5) is 4.79 Å². The van der Waals surface area contributed by atoms with Crippen molar-refractivity contribution in [1.82, 2.24) is 10.2 Å². The third-order valence-electron chi connectivity index (χ3n) is 3.41. The number of carbonyl (C=O) groups is 3. The van der Waals surface area contributed by atoms with E-state index in [4.69, 9.17) is 15.6 Å². The molecule has 0 radical (unpaired) electrons. The van der Waals surface area contributed by atoms with Crippen molar-refractivity contribution in [1.29, 1.82) is 0 Å². The van der Waals surface area contributed by atoms with E-state index in [9.17, 15) is 14.4 Å². The molecule has 1 rings (SSSR count). The van der Waals surface area contributed by atoms with Gasteiger partial charge in [0.1, 0.15) is 6.04 Å². The summed E-state index contributed by atoms with van der Waals surface area (Å²) in [6.45, 7) is 3.62. The molecule has 1 heterocycles. The molecule has 8 nitrogen and oxygen atoms in total. The van der Waals surface area contributed by atoms with Crippen LogP contribution in [-0.2, 0) is 14.3 Å². The summed E-state index contributed by atoms with van der Waals surface area (Å²) in [7, 11) is 0. The molecule has 1 saturated heterocycles. The Morgan fingerprint density at radius 2 is 2.00 bits per heavy atom. The zero-order chi connectivity index (χ0) is 15.8. The van der Waals surface area contributed by atoms with E-state index in [-0.39, 0.29) is 18.9 Å². The zero-order valence-corrected chi connectivity index (χ0v) is 12.2. The Morgan fingerprint density at radius 3 is 2.48 bits per heavy atom. The van der Waals surface area contributed by atoms with Gasteiger partial charge in [-0.25, -0.2) is 9.59 Å². The van der Waals surface area contributed by atoms with Gasteiger partial charge in [-0.3, -0.25) is 4.79 Å². The molecule has 0 aromatic heterocycles. The molecule has 0 saturated carbocycles. The van der Waals surface area contributed by atoms with Crippen molar-refractivity contribution < 1.29 is 24.2 Å². The Kier molecular flexibility index (Phi) is 6.93. The minimum absolute atomic E-state index is 0.00812. The van der Waals surface area contributed by atoms with Crippen molar-refractivity contribution in [2.24, 2.45) is 5.73 Å². The number of carbonyl (C=O) groups excluding carboxylic acids is 2. The van der Waals surface area contributed by atoms with E-state index in [1.165, 1.54) is 0 Å². The number of piperidine rings is 1. The summed E-state index contributed by atoms with van der Waals surface area (Å²) >= 11 is 0. The number of hydrogen-bond acceptors (Lipinski definition) is 4. The first-order chi connectivity index (χ1) is 9.93. The Hall–Kier alpha value is -1.83. The second-order valence-corrected chi connectivity index (χ2v) is 4.99. The first-order valence-corrected chi connectivity index (χ1v) is 7.12. The number of urea groups is 1. The first kappa shape index (κ1) is 17.2. The van der Waals surface area contributed by atoms with Gasteiger partial charge in [-0.1, -0.05) is 0 Å². The van der Waals surface area contributed by atoms with E-state index < -0.39 is 23.9 Å². The Morgan fingerprint density at radius 1 is 1.38 bits per heavy atom. The summed E-state index contributed by atoms with van der Waals surface area (Å²) < 4.78 is 5.49. The molecular weight excluding hydrogens is 278 g/mol. The molecule has 1 fully saturated rings. The molecular formula is C13H23N3O5. The van der Waals surface area contributed by atoms with Crippen LogP contribution in [0.15, 0.2) is 0 Å². The maximum atomic E-state index is 12.0. The number of likely N-dealkylation sites (tertiary alicyclic amines) is 1. The van der Waals surface area contributed by atoms with Gasteiger partial charge in [0.2, 0.25) is 5.91 Å². The minimum Gasteiger partial charge on any atom is -0.480 e. The number of amides is 3. The van der Waals surface area contributed by atoms with Crippen LogP contribution < -0.4 is 11.1 Å². The molecule has 4 N–H and O–H groups in total. The van der Waals surface area contributed by atoms with Crippen LogP contribution in [0.1, 0.15) is 32.6 Å². The van der Waals surface area contributed by atoms with Crippen LogP contribution in [0.25, 0.3) is 0 Å². The summed E-state index contributed by atoms with van der Waals surface area (Å²) in [5.74, 6) is -1.76. The van der Waals surface area contributed by atoms with Gasteiger partial charge in [0.05, 0.1) is 6.10 Å². The second kappa shape index (κ2) is 8.46. The number of hydrogen-bond donors (Lipinski definition) is 3. The van der Waals surface area contributed by atoms with Crippen LogP contribution in [0, 0.1) is 0 Å². The van der Waals surface area contributed by atoms with Gasteiger partial charge in [-0.05, 0) is 26.2 Å². The monoisotopic (exact) mass is 301 g/mol. The van der Waals surface area contributed by atoms with Gasteiger partial charge >= 0.3 is 12.0 Å². The van der Waals surface area contributed by atoms with E-state index in [0.717, 1.165) is 12.8 Å².